The van der Waals surface area contributed by atoms with Crippen LogP contribution in [-0.4, -0.2) is 27.5 Å². The van der Waals surface area contributed by atoms with Crippen LogP contribution in [-0.2, 0) is 25.4 Å². The fourth-order valence-electron chi connectivity index (χ4n) is 4.22. The molecule has 1 aromatic heterocycles. The lowest BCUT2D eigenvalue weighted by Crippen LogP contribution is -2.35. The van der Waals surface area contributed by atoms with Crippen LogP contribution in [0.2, 0.25) is 0 Å². The Morgan fingerprint density at radius 1 is 1.15 bits per heavy atom. The first kappa shape index (κ1) is 22.8. The molecule has 2 aromatic carbocycles. The van der Waals surface area contributed by atoms with E-state index in [1.165, 1.54) is 11.6 Å². The summed E-state index contributed by atoms with van der Waals surface area (Å²) < 4.78 is 46.9. The van der Waals surface area contributed by atoms with E-state index >= 15 is 0 Å². The van der Waals surface area contributed by atoms with Crippen molar-refractivity contribution in [1.29, 1.82) is 5.41 Å². The van der Waals surface area contributed by atoms with Gasteiger partial charge in [-0.25, -0.2) is 0 Å². The van der Waals surface area contributed by atoms with Crippen molar-refractivity contribution in [2.24, 2.45) is 5.73 Å². The Labute approximate surface area is 190 Å². The molecule has 0 amide bonds. The van der Waals surface area contributed by atoms with Crippen LogP contribution < -0.4 is 5.73 Å². The highest BCUT2D eigenvalue weighted by atomic mass is 19.4. The highest BCUT2D eigenvalue weighted by molar-refractivity contribution is 5.75. The van der Waals surface area contributed by atoms with E-state index in [1.807, 2.05) is 24.3 Å². The Morgan fingerprint density at radius 3 is 2.55 bits per heavy atom. The van der Waals surface area contributed by atoms with Crippen molar-refractivity contribution >= 4 is 5.96 Å². The van der Waals surface area contributed by atoms with Gasteiger partial charge in [-0.15, -0.1) is 0 Å². The van der Waals surface area contributed by atoms with Crippen LogP contribution in [0.25, 0.3) is 11.4 Å². The molecule has 4 rings (SSSR count). The fraction of sp³-hybridized carbons (Fsp3) is 0.375. The van der Waals surface area contributed by atoms with Gasteiger partial charge in [0.25, 0.3) is 0 Å². The highest BCUT2D eigenvalue weighted by Crippen LogP contribution is 2.36. The van der Waals surface area contributed by atoms with E-state index in [1.54, 1.807) is 11.0 Å². The topological polar surface area (TPSA) is 92.0 Å². The number of aryl methyl sites for hydroxylation is 3. The van der Waals surface area contributed by atoms with Crippen LogP contribution >= 0.6 is 0 Å². The van der Waals surface area contributed by atoms with Crippen molar-refractivity contribution < 1.29 is 17.7 Å². The molecule has 174 valence electrons. The van der Waals surface area contributed by atoms with Crippen LogP contribution in [0, 0.1) is 5.41 Å². The monoisotopic (exact) mass is 457 g/mol. The van der Waals surface area contributed by atoms with E-state index in [9.17, 15) is 13.2 Å². The molecule has 2 heterocycles. The third-order valence-electron chi connectivity index (χ3n) is 6.08. The van der Waals surface area contributed by atoms with Crippen LogP contribution in [0.4, 0.5) is 13.2 Å². The summed E-state index contributed by atoms with van der Waals surface area (Å²) in [5, 5.41) is 11.6. The van der Waals surface area contributed by atoms with Crippen molar-refractivity contribution in [2.45, 2.75) is 51.2 Å². The van der Waals surface area contributed by atoms with E-state index < -0.39 is 11.7 Å². The molecule has 0 spiro atoms. The summed E-state index contributed by atoms with van der Waals surface area (Å²) in [6.45, 7) is 2.66. The maximum Gasteiger partial charge on any atom is 0.416 e. The lowest BCUT2D eigenvalue weighted by atomic mass is 9.96. The number of nitrogens with one attached hydrogen (secondary N) is 1. The molecule has 0 aliphatic carbocycles. The SMILES string of the molecule is CCc1ccc(CCc2ccc(-c3noc(C4CCCN4C(=N)N)n3)cc2C(F)(F)F)cc1. The van der Waals surface area contributed by atoms with Crippen molar-refractivity contribution in [2.75, 3.05) is 6.54 Å². The summed E-state index contributed by atoms with van der Waals surface area (Å²) in [6, 6.07) is 11.8. The number of alkyl halides is 3. The average molecular weight is 458 g/mol. The summed E-state index contributed by atoms with van der Waals surface area (Å²) in [4.78, 5) is 5.97. The highest BCUT2D eigenvalue weighted by Gasteiger charge is 2.35. The van der Waals surface area contributed by atoms with Crippen LogP contribution in [0.5, 0.6) is 0 Å². The number of nitrogens with zero attached hydrogens (tertiary/aromatic N) is 3. The summed E-state index contributed by atoms with van der Waals surface area (Å²) in [5.41, 5.74) is 7.58. The zero-order valence-corrected chi connectivity index (χ0v) is 18.3. The van der Waals surface area contributed by atoms with Gasteiger partial charge in [0, 0.05) is 12.1 Å². The van der Waals surface area contributed by atoms with Crippen LogP contribution in [0.15, 0.2) is 47.0 Å². The number of benzene rings is 2. The van der Waals surface area contributed by atoms with Gasteiger partial charge in [0.15, 0.2) is 5.96 Å². The molecular formula is C24H26F3N5O. The first-order chi connectivity index (χ1) is 15.8. The number of aromatic nitrogens is 2. The minimum atomic E-state index is -4.50. The second-order valence-corrected chi connectivity index (χ2v) is 8.23. The number of guanidine groups is 1. The van der Waals surface area contributed by atoms with Crippen molar-refractivity contribution in [3.63, 3.8) is 0 Å². The Morgan fingerprint density at radius 2 is 1.88 bits per heavy atom. The van der Waals surface area contributed by atoms with Gasteiger partial charge in [0.05, 0.1) is 5.56 Å². The Kier molecular flexibility index (Phi) is 6.40. The zero-order chi connectivity index (χ0) is 23.6. The van der Waals surface area contributed by atoms with E-state index in [-0.39, 0.29) is 41.3 Å². The molecule has 1 saturated heterocycles. The standard InChI is InChI=1S/C24H26F3N5O/c1-2-15-5-7-16(8-6-15)9-10-17-11-12-18(14-19(17)24(25,26)27)21-30-22(33-31-21)20-4-3-13-32(20)23(28)29/h5-8,11-12,14,20H,2-4,9-10,13H2,1H3,(H3,28,29). The molecule has 1 aliphatic rings. The second kappa shape index (κ2) is 9.25. The first-order valence-electron chi connectivity index (χ1n) is 11.0. The first-order valence-corrected chi connectivity index (χ1v) is 11.0. The molecule has 1 aliphatic heterocycles. The predicted octanol–water partition coefficient (Wildman–Crippen LogP) is 5.13. The largest absolute Gasteiger partial charge is 0.416 e. The molecule has 6 nitrogen and oxygen atoms in total. The maximum atomic E-state index is 13.9. The second-order valence-electron chi connectivity index (χ2n) is 8.23. The zero-order valence-electron chi connectivity index (χ0n) is 18.3. The number of rotatable bonds is 6. The van der Waals surface area contributed by atoms with Gasteiger partial charge in [-0.2, -0.15) is 18.2 Å². The predicted molar refractivity (Wildman–Crippen MR) is 119 cm³/mol. The van der Waals surface area contributed by atoms with Gasteiger partial charge in [-0.05, 0) is 54.9 Å². The third-order valence-corrected chi connectivity index (χ3v) is 6.08. The normalized spacial score (nSPS) is 16.4. The Bertz CT molecular complexity index is 1120. The van der Waals surface area contributed by atoms with Gasteiger partial charge in [0.1, 0.15) is 6.04 Å². The van der Waals surface area contributed by atoms with Crippen LogP contribution in [0.1, 0.15) is 54.0 Å². The minimum absolute atomic E-state index is 0.0904. The molecule has 1 unspecified atom stereocenters. The summed E-state index contributed by atoms with van der Waals surface area (Å²) in [6.07, 6.45) is -1.29. The lowest BCUT2D eigenvalue weighted by Gasteiger charge is -2.21. The Hall–Kier alpha value is -3.36. The fourth-order valence-corrected chi connectivity index (χ4v) is 4.22. The van der Waals surface area contributed by atoms with E-state index in [4.69, 9.17) is 15.7 Å². The van der Waals surface area contributed by atoms with Crippen molar-refractivity contribution in [3.05, 3.63) is 70.6 Å². The summed E-state index contributed by atoms with van der Waals surface area (Å²) in [7, 11) is 0. The van der Waals surface area contributed by atoms with Gasteiger partial charge >= 0.3 is 6.18 Å². The number of hydrogen-bond acceptors (Lipinski definition) is 4. The molecule has 1 fully saturated rings. The summed E-state index contributed by atoms with van der Waals surface area (Å²) in [5.74, 6) is 0.253. The molecule has 0 saturated carbocycles. The lowest BCUT2D eigenvalue weighted by molar-refractivity contribution is -0.138. The van der Waals surface area contributed by atoms with Gasteiger partial charge in [-0.1, -0.05) is 48.5 Å². The van der Waals surface area contributed by atoms with E-state index in [2.05, 4.69) is 17.1 Å². The smallest absolute Gasteiger partial charge is 0.370 e. The van der Waals surface area contributed by atoms with Crippen molar-refractivity contribution in [1.82, 2.24) is 15.0 Å². The molecule has 0 bridgehead atoms. The van der Waals surface area contributed by atoms with Crippen LogP contribution in [0.3, 0.4) is 0 Å². The van der Waals surface area contributed by atoms with E-state index in [0.717, 1.165) is 24.5 Å². The maximum absolute atomic E-state index is 13.9. The molecule has 3 aromatic rings. The quantitative estimate of drug-likeness (QED) is 0.395. The van der Waals surface area contributed by atoms with E-state index in [0.29, 0.717) is 19.4 Å². The summed E-state index contributed by atoms with van der Waals surface area (Å²) >= 11 is 0. The molecule has 9 heteroatoms. The molecule has 3 N–H and O–H groups in total. The Balaban J connectivity index is 1.56. The minimum Gasteiger partial charge on any atom is -0.370 e. The molecule has 1 atom stereocenters. The number of halogens is 3. The molecule has 33 heavy (non-hydrogen) atoms. The third kappa shape index (κ3) is 5.02. The number of likely N-dealkylation sites (tertiary alicyclic amines) is 1. The van der Waals surface area contributed by atoms with Gasteiger partial charge in [0.2, 0.25) is 11.7 Å². The molecular weight excluding hydrogens is 431 g/mol. The number of nitrogens with two attached hydrogens (primary N) is 1. The van der Waals surface area contributed by atoms with Gasteiger partial charge < -0.3 is 15.2 Å². The average Bonchev–Trinajstić information content (AvgIpc) is 3.47. The number of hydrogen-bond donors (Lipinski definition) is 2. The van der Waals surface area contributed by atoms with Crippen molar-refractivity contribution in [3.8, 4) is 11.4 Å². The van der Waals surface area contributed by atoms with Gasteiger partial charge in [-0.3, -0.25) is 5.41 Å². The molecule has 0 radical (unpaired) electrons.